The summed E-state index contributed by atoms with van der Waals surface area (Å²) in [5, 5.41) is 12.0. The van der Waals surface area contributed by atoms with Crippen LogP contribution < -0.4 is 15.6 Å². The Bertz CT molecular complexity index is 1160. The van der Waals surface area contributed by atoms with Gasteiger partial charge in [0.25, 0.3) is 11.5 Å². The van der Waals surface area contributed by atoms with Gasteiger partial charge in [0.05, 0.1) is 5.56 Å². The molecule has 0 spiro atoms. The van der Waals surface area contributed by atoms with E-state index in [0.717, 1.165) is 16.8 Å². The Labute approximate surface area is 175 Å². The maximum atomic E-state index is 12.5. The van der Waals surface area contributed by atoms with Gasteiger partial charge in [0, 0.05) is 23.4 Å². The molecule has 2 aromatic carbocycles. The lowest BCUT2D eigenvalue weighted by atomic mass is 10.1. The standard InChI is InChI=1S/C24H23N3O3/c1-15-12-16(2)27-24(29)21(15)14-26-23(28)19-10-8-18(9-11-19)17(3)30-22-7-5-4-6-20(22)13-25/h4-12,17H,14H2,1-3H3,(H,26,28)(H,27,29)/t17-/m0/s1. The molecule has 6 nitrogen and oxygen atoms in total. The Morgan fingerprint density at radius 3 is 2.53 bits per heavy atom. The summed E-state index contributed by atoms with van der Waals surface area (Å²) in [6, 6.07) is 18.1. The third kappa shape index (κ3) is 4.76. The Morgan fingerprint density at radius 2 is 1.87 bits per heavy atom. The number of rotatable bonds is 6. The molecule has 1 atom stereocenters. The third-order valence-electron chi connectivity index (χ3n) is 4.87. The lowest BCUT2D eigenvalue weighted by Crippen LogP contribution is -2.27. The molecule has 0 bridgehead atoms. The maximum absolute atomic E-state index is 12.5. The fraction of sp³-hybridized carbons (Fsp3) is 0.208. The quantitative estimate of drug-likeness (QED) is 0.654. The molecule has 1 amide bonds. The van der Waals surface area contributed by atoms with Crippen LogP contribution in [0.5, 0.6) is 5.75 Å². The van der Waals surface area contributed by atoms with Crippen molar-refractivity contribution in [2.45, 2.75) is 33.4 Å². The SMILES string of the molecule is Cc1cc(C)c(CNC(=O)c2ccc([C@H](C)Oc3ccccc3C#N)cc2)c(=O)[nH]1. The lowest BCUT2D eigenvalue weighted by molar-refractivity contribution is 0.0950. The number of aromatic amines is 1. The summed E-state index contributed by atoms with van der Waals surface area (Å²) in [6.45, 7) is 5.72. The van der Waals surface area contributed by atoms with E-state index in [9.17, 15) is 14.9 Å². The van der Waals surface area contributed by atoms with E-state index in [0.29, 0.717) is 22.4 Å². The molecule has 0 aliphatic carbocycles. The summed E-state index contributed by atoms with van der Waals surface area (Å²) in [5.41, 5.74) is 3.83. The molecule has 0 aliphatic rings. The van der Waals surface area contributed by atoms with Crippen LogP contribution in [0.1, 0.15) is 51.3 Å². The Balaban J connectivity index is 1.66. The number of hydrogen-bond acceptors (Lipinski definition) is 4. The van der Waals surface area contributed by atoms with Crippen LogP contribution in [0.25, 0.3) is 0 Å². The number of para-hydroxylation sites is 1. The number of ether oxygens (including phenoxy) is 1. The van der Waals surface area contributed by atoms with Crippen LogP contribution in [0.4, 0.5) is 0 Å². The Kier molecular flexibility index (Phi) is 6.33. The summed E-state index contributed by atoms with van der Waals surface area (Å²) in [5.74, 6) is 0.261. The molecule has 1 heterocycles. The molecule has 0 aliphatic heterocycles. The van der Waals surface area contributed by atoms with Crippen molar-refractivity contribution in [1.29, 1.82) is 5.26 Å². The zero-order valence-corrected chi connectivity index (χ0v) is 17.2. The van der Waals surface area contributed by atoms with Gasteiger partial charge >= 0.3 is 0 Å². The van der Waals surface area contributed by atoms with Crippen LogP contribution in [0.2, 0.25) is 0 Å². The molecule has 0 fully saturated rings. The van der Waals surface area contributed by atoms with E-state index in [4.69, 9.17) is 4.74 Å². The lowest BCUT2D eigenvalue weighted by Gasteiger charge is -2.16. The van der Waals surface area contributed by atoms with E-state index in [-0.39, 0.29) is 24.1 Å². The number of benzene rings is 2. The van der Waals surface area contributed by atoms with E-state index in [2.05, 4.69) is 16.4 Å². The monoisotopic (exact) mass is 401 g/mol. The predicted octanol–water partition coefficient (Wildman–Crippen LogP) is 3.93. The van der Waals surface area contributed by atoms with Gasteiger partial charge in [0.2, 0.25) is 0 Å². The average molecular weight is 401 g/mol. The van der Waals surface area contributed by atoms with Gasteiger partial charge in [-0.3, -0.25) is 9.59 Å². The number of aryl methyl sites for hydroxylation is 2. The summed E-state index contributed by atoms with van der Waals surface area (Å²) in [4.78, 5) is 27.3. The number of carbonyl (C=O) groups excluding carboxylic acids is 1. The highest BCUT2D eigenvalue weighted by Crippen LogP contribution is 2.25. The molecule has 0 radical (unpaired) electrons. The van der Waals surface area contributed by atoms with Crippen molar-refractivity contribution >= 4 is 5.91 Å². The number of hydrogen-bond donors (Lipinski definition) is 2. The number of nitrogens with zero attached hydrogens (tertiary/aromatic N) is 1. The van der Waals surface area contributed by atoms with E-state index in [1.54, 1.807) is 30.3 Å². The van der Waals surface area contributed by atoms with E-state index in [1.165, 1.54) is 0 Å². The molecule has 152 valence electrons. The van der Waals surface area contributed by atoms with Crippen LogP contribution in [0.3, 0.4) is 0 Å². The first-order valence-electron chi connectivity index (χ1n) is 9.62. The topological polar surface area (TPSA) is 95.0 Å². The first-order valence-corrected chi connectivity index (χ1v) is 9.62. The second-order valence-electron chi connectivity index (χ2n) is 7.12. The van der Waals surface area contributed by atoms with Crippen molar-refractivity contribution in [3.63, 3.8) is 0 Å². The number of nitriles is 1. The van der Waals surface area contributed by atoms with Gasteiger partial charge in [-0.25, -0.2) is 0 Å². The molecule has 3 aromatic rings. The number of amides is 1. The van der Waals surface area contributed by atoms with Crippen LogP contribution >= 0.6 is 0 Å². The minimum absolute atomic E-state index is 0.159. The number of H-pyrrole nitrogens is 1. The van der Waals surface area contributed by atoms with Crippen LogP contribution in [-0.4, -0.2) is 10.9 Å². The van der Waals surface area contributed by atoms with Crippen LogP contribution in [0, 0.1) is 25.2 Å². The third-order valence-corrected chi connectivity index (χ3v) is 4.87. The fourth-order valence-corrected chi connectivity index (χ4v) is 3.20. The van der Waals surface area contributed by atoms with E-state index in [1.807, 2.05) is 45.0 Å². The Hall–Kier alpha value is -3.85. The zero-order valence-electron chi connectivity index (χ0n) is 17.2. The average Bonchev–Trinajstić information content (AvgIpc) is 2.73. The van der Waals surface area contributed by atoms with Gasteiger partial charge in [-0.2, -0.15) is 5.26 Å². The van der Waals surface area contributed by atoms with Gasteiger partial charge < -0.3 is 15.0 Å². The van der Waals surface area contributed by atoms with Crippen molar-refractivity contribution in [2.75, 3.05) is 0 Å². The van der Waals surface area contributed by atoms with Crippen molar-refractivity contribution in [2.24, 2.45) is 0 Å². The molecular weight excluding hydrogens is 378 g/mol. The van der Waals surface area contributed by atoms with Gasteiger partial charge in [-0.15, -0.1) is 0 Å². The van der Waals surface area contributed by atoms with Crippen molar-refractivity contribution in [3.05, 3.63) is 98.5 Å². The van der Waals surface area contributed by atoms with E-state index >= 15 is 0 Å². The largest absolute Gasteiger partial charge is 0.485 e. The molecule has 30 heavy (non-hydrogen) atoms. The first kappa shape index (κ1) is 20.9. The summed E-state index contributed by atoms with van der Waals surface area (Å²) in [7, 11) is 0. The highest BCUT2D eigenvalue weighted by Gasteiger charge is 2.13. The molecule has 3 rings (SSSR count). The smallest absolute Gasteiger partial charge is 0.253 e. The highest BCUT2D eigenvalue weighted by molar-refractivity contribution is 5.94. The van der Waals surface area contributed by atoms with Crippen molar-refractivity contribution in [1.82, 2.24) is 10.3 Å². The molecule has 0 unspecified atom stereocenters. The van der Waals surface area contributed by atoms with Gasteiger partial charge in [0.15, 0.2) is 0 Å². The molecule has 0 saturated heterocycles. The van der Waals surface area contributed by atoms with Gasteiger partial charge in [-0.1, -0.05) is 24.3 Å². The minimum Gasteiger partial charge on any atom is -0.485 e. The predicted molar refractivity (Wildman–Crippen MR) is 114 cm³/mol. The number of pyridine rings is 1. The number of aromatic nitrogens is 1. The zero-order chi connectivity index (χ0) is 21.7. The summed E-state index contributed by atoms with van der Waals surface area (Å²) in [6.07, 6.45) is -0.287. The summed E-state index contributed by atoms with van der Waals surface area (Å²) < 4.78 is 5.90. The number of nitrogens with one attached hydrogen (secondary N) is 2. The molecular formula is C24H23N3O3. The number of carbonyl (C=O) groups is 1. The second kappa shape index (κ2) is 9.10. The maximum Gasteiger partial charge on any atom is 0.253 e. The first-order chi connectivity index (χ1) is 14.4. The van der Waals surface area contributed by atoms with Gasteiger partial charge in [-0.05, 0) is 62.2 Å². The van der Waals surface area contributed by atoms with Crippen LogP contribution in [-0.2, 0) is 6.54 Å². The fourth-order valence-electron chi connectivity index (χ4n) is 3.20. The molecule has 1 aromatic heterocycles. The van der Waals surface area contributed by atoms with Crippen molar-refractivity contribution in [3.8, 4) is 11.8 Å². The molecule has 2 N–H and O–H groups in total. The molecule has 0 saturated carbocycles. The van der Waals surface area contributed by atoms with E-state index < -0.39 is 0 Å². The second-order valence-corrected chi connectivity index (χ2v) is 7.12. The molecule has 6 heteroatoms. The summed E-state index contributed by atoms with van der Waals surface area (Å²) >= 11 is 0. The van der Waals surface area contributed by atoms with Crippen LogP contribution in [0.15, 0.2) is 59.4 Å². The normalized spacial score (nSPS) is 11.4. The highest BCUT2D eigenvalue weighted by atomic mass is 16.5. The van der Waals surface area contributed by atoms with Crippen molar-refractivity contribution < 1.29 is 9.53 Å². The van der Waals surface area contributed by atoms with Gasteiger partial charge in [0.1, 0.15) is 17.9 Å². The Morgan fingerprint density at radius 1 is 1.17 bits per heavy atom. The minimum atomic E-state index is -0.287.